The highest BCUT2D eigenvalue weighted by Gasteiger charge is 2.27. The molecule has 0 radical (unpaired) electrons. The predicted octanol–water partition coefficient (Wildman–Crippen LogP) is 2.90. The molecule has 1 aliphatic rings. The minimum absolute atomic E-state index is 0.353. The van der Waals surface area contributed by atoms with Gasteiger partial charge in [0.25, 0.3) is 0 Å². The van der Waals surface area contributed by atoms with Crippen molar-refractivity contribution in [2.75, 3.05) is 17.3 Å². The fourth-order valence-electron chi connectivity index (χ4n) is 2.16. The maximum Gasteiger partial charge on any atom is 0.212 e. The number of hydrogen-bond donors (Lipinski definition) is 0. The molecule has 0 spiro atoms. The van der Waals surface area contributed by atoms with E-state index < -0.39 is 0 Å². The van der Waals surface area contributed by atoms with Gasteiger partial charge in [0.15, 0.2) is 5.75 Å². The summed E-state index contributed by atoms with van der Waals surface area (Å²) in [6, 6.07) is 6.17. The maximum absolute atomic E-state index is 12.2. The number of carbonyl (C=O) groups excluding carboxylic acids is 1. The Morgan fingerprint density at radius 3 is 2.62 bits per heavy atom. The first kappa shape index (κ1) is 11.7. The molecule has 0 aromatic heterocycles. The number of aryl methyl sites for hydroxylation is 2. The second-order valence-corrected chi connectivity index (χ2v) is 6.94. The van der Waals surface area contributed by atoms with Crippen LogP contribution in [0.1, 0.15) is 34.3 Å². The molecule has 0 aliphatic carbocycles. The van der Waals surface area contributed by atoms with E-state index in [9.17, 15) is 4.79 Å². The smallest absolute Gasteiger partial charge is 0.212 e. The normalized spacial score (nSPS) is 16.6. The zero-order chi connectivity index (χ0) is 11.5. The molecule has 1 nitrogen and oxygen atoms in total. The zero-order valence-electron chi connectivity index (χ0n) is 10.1. The van der Waals surface area contributed by atoms with Crippen LogP contribution in [0.15, 0.2) is 18.2 Å². The number of ketones is 1. The SMILES string of the molecule is Cc1ccc(C)c(C(=O)C[S+]2CCCC2)c1. The van der Waals surface area contributed by atoms with E-state index in [1.807, 2.05) is 19.9 Å². The lowest BCUT2D eigenvalue weighted by molar-refractivity contribution is 0.102. The van der Waals surface area contributed by atoms with Gasteiger partial charge in [0.1, 0.15) is 11.5 Å². The second-order valence-electron chi connectivity index (χ2n) is 4.61. The molecule has 2 rings (SSSR count). The Hall–Kier alpha value is -0.760. The molecular weight excluding hydrogens is 216 g/mol. The van der Waals surface area contributed by atoms with Gasteiger partial charge in [-0.15, -0.1) is 0 Å². The van der Waals surface area contributed by atoms with Crippen LogP contribution in [0.4, 0.5) is 0 Å². The third-order valence-corrected chi connectivity index (χ3v) is 5.55. The van der Waals surface area contributed by atoms with E-state index >= 15 is 0 Å². The first-order valence-electron chi connectivity index (χ1n) is 5.91. The Labute approximate surface area is 101 Å². The third kappa shape index (κ3) is 2.67. The zero-order valence-corrected chi connectivity index (χ0v) is 10.9. The predicted molar refractivity (Wildman–Crippen MR) is 71.4 cm³/mol. The largest absolute Gasteiger partial charge is 0.289 e. The monoisotopic (exact) mass is 235 g/mol. The number of Topliss-reactive ketones (excluding diaryl/α,β-unsaturated/α-hetero) is 1. The third-order valence-electron chi connectivity index (χ3n) is 3.14. The van der Waals surface area contributed by atoms with Gasteiger partial charge < -0.3 is 0 Å². The van der Waals surface area contributed by atoms with E-state index in [4.69, 9.17) is 0 Å². The van der Waals surface area contributed by atoms with Crippen LogP contribution in [0.3, 0.4) is 0 Å². The van der Waals surface area contributed by atoms with E-state index in [0.29, 0.717) is 16.7 Å². The molecule has 1 aromatic carbocycles. The highest BCUT2D eigenvalue weighted by atomic mass is 32.2. The lowest BCUT2D eigenvalue weighted by Gasteiger charge is -2.05. The van der Waals surface area contributed by atoms with Crippen molar-refractivity contribution in [3.05, 3.63) is 34.9 Å². The van der Waals surface area contributed by atoms with Gasteiger partial charge in [-0.05, 0) is 49.2 Å². The summed E-state index contributed by atoms with van der Waals surface area (Å²) in [7, 11) is 0.378. The lowest BCUT2D eigenvalue weighted by atomic mass is 10.0. The molecule has 1 saturated heterocycles. The molecule has 1 fully saturated rings. The Bertz CT molecular complexity index is 392. The van der Waals surface area contributed by atoms with Crippen LogP contribution < -0.4 is 0 Å². The summed E-state index contributed by atoms with van der Waals surface area (Å²) >= 11 is 0. The van der Waals surface area contributed by atoms with Crippen molar-refractivity contribution in [3.8, 4) is 0 Å². The van der Waals surface area contributed by atoms with E-state index in [1.54, 1.807) is 0 Å². The summed E-state index contributed by atoms with van der Waals surface area (Å²) in [5, 5.41) is 0. The first-order valence-corrected chi connectivity index (χ1v) is 7.64. The van der Waals surface area contributed by atoms with Gasteiger partial charge in [0.05, 0.1) is 0 Å². The maximum atomic E-state index is 12.2. The van der Waals surface area contributed by atoms with Crippen LogP contribution in [-0.4, -0.2) is 23.0 Å². The number of benzene rings is 1. The van der Waals surface area contributed by atoms with E-state index in [0.717, 1.165) is 16.9 Å². The number of carbonyl (C=O) groups is 1. The molecule has 0 unspecified atom stereocenters. The van der Waals surface area contributed by atoms with Crippen LogP contribution in [0.5, 0.6) is 0 Å². The van der Waals surface area contributed by atoms with Crippen molar-refractivity contribution in [1.29, 1.82) is 0 Å². The van der Waals surface area contributed by atoms with Crippen LogP contribution in [0.25, 0.3) is 0 Å². The van der Waals surface area contributed by atoms with Gasteiger partial charge in [-0.1, -0.05) is 17.7 Å². The van der Waals surface area contributed by atoms with Crippen molar-refractivity contribution in [2.45, 2.75) is 26.7 Å². The van der Waals surface area contributed by atoms with Gasteiger partial charge in [-0.2, -0.15) is 0 Å². The summed E-state index contributed by atoms with van der Waals surface area (Å²) in [4.78, 5) is 12.2. The summed E-state index contributed by atoms with van der Waals surface area (Å²) in [6.07, 6.45) is 2.65. The van der Waals surface area contributed by atoms with Crippen molar-refractivity contribution >= 4 is 16.7 Å². The summed E-state index contributed by atoms with van der Waals surface area (Å²) in [5.41, 5.74) is 3.25. The Morgan fingerprint density at radius 1 is 1.25 bits per heavy atom. The van der Waals surface area contributed by atoms with E-state index in [2.05, 4.69) is 12.1 Å². The molecule has 1 aromatic rings. The minimum Gasteiger partial charge on any atom is -0.289 e. The molecule has 0 bridgehead atoms. The Morgan fingerprint density at radius 2 is 1.94 bits per heavy atom. The van der Waals surface area contributed by atoms with Crippen molar-refractivity contribution in [1.82, 2.24) is 0 Å². The van der Waals surface area contributed by atoms with Crippen molar-refractivity contribution < 1.29 is 4.79 Å². The number of hydrogen-bond acceptors (Lipinski definition) is 1. The fraction of sp³-hybridized carbons (Fsp3) is 0.500. The number of rotatable bonds is 3. The van der Waals surface area contributed by atoms with Gasteiger partial charge in [0, 0.05) is 5.56 Å². The topological polar surface area (TPSA) is 17.1 Å². The standard InChI is InChI=1S/C14H19OS/c1-11-5-6-12(2)13(9-11)14(15)10-16-7-3-4-8-16/h5-6,9H,3-4,7-8,10H2,1-2H3/q+1. The van der Waals surface area contributed by atoms with Crippen LogP contribution in [0, 0.1) is 13.8 Å². The van der Waals surface area contributed by atoms with Crippen molar-refractivity contribution in [3.63, 3.8) is 0 Å². The van der Waals surface area contributed by atoms with Gasteiger partial charge in [-0.3, -0.25) is 4.79 Å². The molecule has 16 heavy (non-hydrogen) atoms. The van der Waals surface area contributed by atoms with Crippen LogP contribution in [-0.2, 0) is 10.9 Å². The highest BCUT2D eigenvalue weighted by molar-refractivity contribution is 7.97. The second kappa shape index (κ2) is 5.05. The quantitative estimate of drug-likeness (QED) is 0.581. The van der Waals surface area contributed by atoms with Crippen LogP contribution in [0.2, 0.25) is 0 Å². The fourth-order valence-corrected chi connectivity index (χ4v) is 4.40. The average Bonchev–Trinajstić information content (AvgIpc) is 2.74. The average molecular weight is 235 g/mol. The first-order chi connectivity index (χ1) is 7.66. The molecule has 2 heteroatoms. The molecule has 86 valence electrons. The Balaban J connectivity index is 2.10. The van der Waals surface area contributed by atoms with Crippen LogP contribution >= 0.6 is 0 Å². The van der Waals surface area contributed by atoms with Gasteiger partial charge in [0.2, 0.25) is 5.78 Å². The molecule has 0 N–H and O–H groups in total. The molecule has 0 amide bonds. The van der Waals surface area contributed by atoms with E-state index in [1.165, 1.54) is 29.9 Å². The molecule has 0 atom stereocenters. The molecular formula is C14H19OS+. The summed E-state index contributed by atoms with van der Waals surface area (Å²) in [6.45, 7) is 4.08. The van der Waals surface area contributed by atoms with Crippen molar-refractivity contribution in [2.24, 2.45) is 0 Å². The minimum atomic E-state index is 0.353. The molecule has 1 heterocycles. The summed E-state index contributed by atoms with van der Waals surface area (Å²) in [5.74, 6) is 3.68. The highest BCUT2D eigenvalue weighted by Crippen LogP contribution is 2.17. The van der Waals surface area contributed by atoms with Gasteiger partial charge in [-0.25, -0.2) is 0 Å². The van der Waals surface area contributed by atoms with Gasteiger partial charge >= 0.3 is 0 Å². The summed E-state index contributed by atoms with van der Waals surface area (Å²) < 4.78 is 0. The molecule has 0 saturated carbocycles. The molecule has 1 aliphatic heterocycles. The Kier molecular flexibility index (Phi) is 3.70. The lowest BCUT2D eigenvalue weighted by Crippen LogP contribution is -2.18. The van der Waals surface area contributed by atoms with E-state index in [-0.39, 0.29) is 0 Å².